The minimum absolute atomic E-state index is 0.0567. The first kappa shape index (κ1) is 19.3. The van der Waals surface area contributed by atoms with Crippen LogP contribution in [-0.4, -0.2) is 17.6 Å². The molecule has 0 aliphatic carbocycles. The Morgan fingerprint density at radius 2 is 1.62 bits per heavy atom. The molecule has 2 heterocycles. The lowest BCUT2D eigenvalue weighted by Gasteiger charge is -2.13. The van der Waals surface area contributed by atoms with Crippen LogP contribution in [-0.2, 0) is 13.0 Å². The Bertz CT molecular complexity index is 1020. The Labute approximate surface area is 163 Å². The Balaban J connectivity index is 1.47. The highest BCUT2D eigenvalue weighted by Crippen LogP contribution is 2.31. The lowest BCUT2D eigenvalue weighted by atomic mass is 10.0. The highest BCUT2D eigenvalue weighted by Gasteiger charge is 2.27. The van der Waals surface area contributed by atoms with Crippen molar-refractivity contribution in [2.75, 3.05) is 6.54 Å². The molecule has 4 rings (SSSR count). The zero-order chi connectivity index (χ0) is 20.5. The molecule has 1 aromatic heterocycles. The Morgan fingerprint density at radius 3 is 2.34 bits per heavy atom. The number of ether oxygens (including phenoxy) is 1. The number of para-hydroxylation sites is 1. The van der Waals surface area contributed by atoms with E-state index in [2.05, 4.69) is 10.3 Å². The van der Waals surface area contributed by atoms with E-state index < -0.39 is 34.6 Å². The standard InChI is InChI=1S/C21H15F5N2O/c22-17-16(18(23)20(25)21(26)19(17)24)13-5-11(7-27-9-13)8-28-10-14-6-12-3-1-2-4-15(12)29-14/h1-5,7,9,14,28H,6,8,10H2. The number of hydrogen-bond acceptors (Lipinski definition) is 3. The predicted octanol–water partition coefficient (Wildman–Crippen LogP) is 4.54. The van der Waals surface area contributed by atoms with Crippen molar-refractivity contribution in [1.82, 2.24) is 10.3 Å². The zero-order valence-corrected chi connectivity index (χ0v) is 15.0. The molecule has 1 unspecified atom stereocenters. The predicted molar refractivity (Wildman–Crippen MR) is 95.7 cm³/mol. The monoisotopic (exact) mass is 406 g/mol. The van der Waals surface area contributed by atoms with Gasteiger partial charge in [-0.05, 0) is 23.3 Å². The maximum Gasteiger partial charge on any atom is 0.200 e. The van der Waals surface area contributed by atoms with Crippen molar-refractivity contribution in [3.63, 3.8) is 0 Å². The van der Waals surface area contributed by atoms with Gasteiger partial charge in [-0.25, -0.2) is 22.0 Å². The van der Waals surface area contributed by atoms with Gasteiger partial charge in [-0.1, -0.05) is 18.2 Å². The average molecular weight is 406 g/mol. The molecule has 0 bridgehead atoms. The number of benzene rings is 2. The summed E-state index contributed by atoms with van der Waals surface area (Å²) in [4.78, 5) is 3.86. The lowest BCUT2D eigenvalue weighted by Crippen LogP contribution is -2.29. The molecule has 0 spiro atoms. The third-order valence-electron chi connectivity index (χ3n) is 4.71. The van der Waals surface area contributed by atoms with E-state index in [1.54, 1.807) is 0 Å². The molecule has 0 radical (unpaired) electrons. The molecule has 2 aromatic carbocycles. The summed E-state index contributed by atoms with van der Waals surface area (Å²) in [6.45, 7) is 0.799. The van der Waals surface area contributed by atoms with E-state index in [-0.39, 0.29) is 18.2 Å². The van der Waals surface area contributed by atoms with Gasteiger partial charge in [-0.15, -0.1) is 0 Å². The van der Waals surface area contributed by atoms with Gasteiger partial charge in [0.15, 0.2) is 23.3 Å². The first-order valence-electron chi connectivity index (χ1n) is 8.86. The second-order valence-corrected chi connectivity index (χ2v) is 6.71. The van der Waals surface area contributed by atoms with Crippen LogP contribution < -0.4 is 10.1 Å². The Hall–Kier alpha value is -3.00. The van der Waals surface area contributed by atoms with Gasteiger partial charge in [0, 0.05) is 37.5 Å². The van der Waals surface area contributed by atoms with Crippen LogP contribution in [0.1, 0.15) is 11.1 Å². The Kier molecular flexibility index (Phi) is 5.19. The second kappa shape index (κ2) is 7.79. The van der Waals surface area contributed by atoms with Crippen molar-refractivity contribution < 1.29 is 26.7 Å². The van der Waals surface area contributed by atoms with Crippen LogP contribution >= 0.6 is 0 Å². The summed E-state index contributed by atoms with van der Waals surface area (Å²) in [7, 11) is 0. The van der Waals surface area contributed by atoms with Gasteiger partial charge in [-0.3, -0.25) is 4.98 Å². The number of hydrogen-bond donors (Lipinski definition) is 1. The van der Waals surface area contributed by atoms with Gasteiger partial charge in [0.1, 0.15) is 11.9 Å². The SMILES string of the molecule is Fc1c(F)c(F)c(-c2cncc(CNCC3Cc4ccccc4O3)c2)c(F)c1F. The number of aromatic nitrogens is 1. The van der Waals surface area contributed by atoms with Crippen molar-refractivity contribution in [3.8, 4) is 16.9 Å². The number of halogens is 5. The molecular formula is C21H15F5N2O. The fourth-order valence-corrected chi connectivity index (χ4v) is 3.32. The van der Waals surface area contributed by atoms with E-state index in [1.807, 2.05) is 24.3 Å². The van der Waals surface area contributed by atoms with E-state index in [1.165, 1.54) is 12.3 Å². The van der Waals surface area contributed by atoms with Gasteiger partial charge in [0.2, 0.25) is 5.82 Å². The van der Waals surface area contributed by atoms with Gasteiger partial charge in [0.05, 0.1) is 5.56 Å². The zero-order valence-electron chi connectivity index (χ0n) is 15.0. The molecule has 150 valence electrons. The van der Waals surface area contributed by atoms with Crippen LogP contribution in [0.3, 0.4) is 0 Å². The number of fused-ring (bicyclic) bond motifs is 1. The minimum Gasteiger partial charge on any atom is -0.488 e. The number of nitrogens with one attached hydrogen (secondary N) is 1. The van der Waals surface area contributed by atoms with Gasteiger partial charge in [-0.2, -0.15) is 0 Å². The summed E-state index contributed by atoms with van der Waals surface area (Å²) < 4.78 is 74.0. The molecular weight excluding hydrogens is 391 g/mol. The van der Waals surface area contributed by atoms with Gasteiger partial charge in [0.25, 0.3) is 0 Å². The van der Waals surface area contributed by atoms with Crippen LogP contribution in [0.4, 0.5) is 22.0 Å². The van der Waals surface area contributed by atoms with Crippen molar-refractivity contribution in [2.45, 2.75) is 19.1 Å². The van der Waals surface area contributed by atoms with Gasteiger partial charge < -0.3 is 10.1 Å². The fourth-order valence-electron chi connectivity index (χ4n) is 3.32. The third kappa shape index (κ3) is 3.67. The average Bonchev–Trinajstić information content (AvgIpc) is 3.14. The van der Waals surface area contributed by atoms with E-state index in [0.29, 0.717) is 12.1 Å². The summed E-state index contributed by atoms with van der Waals surface area (Å²) in [5.41, 5.74) is 0.461. The molecule has 0 amide bonds. The van der Waals surface area contributed by atoms with Crippen molar-refractivity contribution >= 4 is 0 Å². The highest BCUT2D eigenvalue weighted by molar-refractivity contribution is 5.65. The first-order valence-corrected chi connectivity index (χ1v) is 8.86. The highest BCUT2D eigenvalue weighted by atomic mass is 19.2. The molecule has 8 heteroatoms. The van der Waals surface area contributed by atoms with E-state index in [0.717, 1.165) is 23.9 Å². The molecule has 3 nitrogen and oxygen atoms in total. The van der Waals surface area contributed by atoms with E-state index in [9.17, 15) is 22.0 Å². The summed E-state index contributed by atoms with van der Waals surface area (Å²) >= 11 is 0. The normalized spacial score (nSPS) is 15.3. The van der Waals surface area contributed by atoms with Crippen LogP contribution in [0.2, 0.25) is 0 Å². The van der Waals surface area contributed by atoms with Crippen LogP contribution in [0, 0.1) is 29.1 Å². The molecule has 3 aromatic rings. The molecule has 0 fully saturated rings. The summed E-state index contributed by atoms with van der Waals surface area (Å²) in [5, 5.41) is 3.16. The molecule has 29 heavy (non-hydrogen) atoms. The Morgan fingerprint density at radius 1 is 0.931 bits per heavy atom. The number of rotatable bonds is 5. The fraction of sp³-hybridized carbons (Fsp3) is 0.190. The molecule has 1 N–H and O–H groups in total. The molecule has 1 aliphatic heterocycles. The quantitative estimate of drug-likeness (QED) is 0.384. The number of pyridine rings is 1. The lowest BCUT2D eigenvalue weighted by molar-refractivity contribution is 0.227. The van der Waals surface area contributed by atoms with E-state index in [4.69, 9.17) is 4.74 Å². The van der Waals surface area contributed by atoms with E-state index >= 15 is 0 Å². The molecule has 1 aliphatic rings. The van der Waals surface area contributed by atoms with Crippen LogP contribution in [0.25, 0.3) is 11.1 Å². The number of nitrogens with zero attached hydrogens (tertiary/aromatic N) is 1. The largest absolute Gasteiger partial charge is 0.488 e. The third-order valence-corrected chi connectivity index (χ3v) is 4.71. The van der Waals surface area contributed by atoms with Crippen LogP contribution in [0.15, 0.2) is 42.7 Å². The van der Waals surface area contributed by atoms with Crippen molar-refractivity contribution in [3.05, 3.63) is 82.9 Å². The first-order chi connectivity index (χ1) is 14.0. The maximum absolute atomic E-state index is 14.0. The minimum atomic E-state index is -2.19. The molecule has 1 atom stereocenters. The second-order valence-electron chi connectivity index (χ2n) is 6.71. The summed E-state index contributed by atoms with van der Waals surface area (Å²) in [6.07, 6.45) is 3.20. The van der Waals surface area contributed by atoms with Crippen molar-refractivity contribution in [2.24, 2.45) is 0 Å². The smallest absolute Gasteiger partial charge is 0.200 e. The van der Waals surface area contributed by atoms with Crippen LogP contribution in [0.5, 0.6) is 5.75 Å². The summed E-state index contributed by atoms with van der Waals surface area (Å²) in [5.74, 6) is -9.09. The molecule has 0 saturated heterocycles. The maximum atomic E-state index is 14.0. The van der Waals surface area contributed by atoms with Gasteiger partial charge >= 0.3 is 0 Å². The topological polar surface area (TPSA) is 34.2 Å². The molecule has 0 saturated carbocycles. The van der Waals surface area contributed by atoms with Crippen molar-refractivity contribution in [1.29, 1.82) is 0 Å². The summed E-state index contributed by atoms with van der Waals surface area (Å²) in [6, 6.07) is 9.06.